The van der Waals surface area contributed by atoms with Crippen LogP contribution in [0.4, 0.5) is 0 Å². The maximum absolute atomic E-state index is 11.1. The molecule has 0 unspecified atom stereocenters. The summed E-state index contributed by atoms with van der Waals surface area (Å²) < 4.78 is 0. The third kappa shape index (κ3) is 31.3. The zero-order valence-electron chi connectivity index (χ0n) is 37.5. The van der Waals surface area contributed by atoms with Gasteiger partial charge in [-0.25, -0.2) is 0 Å². The van der Waals surface area contributed by atoms with Crippen LogP contribution < -0.4 is 0 Å². The minimum Gasteiger partial charge on any atom is 0 e. The number of aromatic hydroxyl groups is 2. The van der Waals surface area contributed by atoms with Gasteiger partial charge in [0.05, 0.1) is 0 Å². The number of aryl methyl sites for hydroxylation is 2. The summed E-state index contributed by atoms with van der Waals surface area (Å²) in [6.45, 7) is 14.3. The molecule has 2 aromatic carbocycles. The average Bonchev–Trinajstić information content (AvgIpc) is 3.14. The predicted octanol–water partition coefficient (Wildman–Crippen LogP) is 9.03. The fourth-order valence-corrected chi connectivity index (χ4v) is 7.38. The van der Waals surface area contributed by atoms with Gasteiger partial charge in [-0.3, -0.25) is 4.99 Å². The Morgan fingerprint density at radius 2 is 0.937 bits per heavy atom. The molecule has 0 heterocycles. The smallest absolute Gasteiger partial charge is 0 e. The van der Waals surface area contributed by atoms with Gasteiger partial charge in [-0.2, -0.15) is 0 Å². The zero-order valence-corrected chi connectivity index (χ0v) is 63.5. The Morgan fingerprint density at radius 1 is 0.651 bits per heavy atom. The van der Waals surface area contributed by atoms with Gasteiger partial charge in [0.2, 0.25) is 0 Å². The average molecular weight is 2260 g/mol. The minimum absolute atomic E-state index is 0. The van der Waals surface area contributed by atoms with Crippen molar-refractivity contribution in [1.29, 1.82) is 0 Å². The molecule has 1 saturated carbocycles. The Balaban J connectivity index is -0.000000385. The van der Waals surface area contributed by atoms with Gasteiger partial charge in [0.15, 0.2) is 0 Å². The van der Waals surface area contributed by atoms with Crippen molar-refractivity contribution in [1.82, 2.24) is 0 Å². The molecule has 1 aliphatic rings. The zero-order chi connectivity index (χ0) is 42.3. The number of nitrogens with zero attached hydrogens (tertiary/aromatic N) is 6. The first-order valence-electron chi connectivity index (χ1n) is 19.6. The molecule has 1 fully saturated rings. The SMILES string of the molecule is O=[N+]([O-])O.O=[N+]([O-])O.[B]=NCCCC(C)(CCCN=[B])c1cc(C)c(O)c(C=N[C@@H]2CCCC[C@H]2N=Cc2cc(C(C)(CCCC)CCCC)cc(C)c2O)c1.[Co].[U].[U].[U].[U].[U].[U]. The summed E-state index contributed by atoms with van der Waals surface area (Å²) >= 11 is 0. The molecule has 2 aromatic rings. The molecule has 63 heavy (non-hydrogen) atoms. The van der Waals surface area contributed by atoms with E-state index < -0.39 is 10.2 Å². The van der Waals surface area contributed by atoms with Crippen LogP contribution in [0.5, 0.6) is 11.5 Å². The Kier molecular flexibility index (Phi) is 55.9. The van der Waals surface area contributed by atoms with Crippen LogP contribution in [-0.2, 0) is 27.6 Å². The molecule has 0 saturated heterocycles. The number of unbranched alkanes of at least 4 members (excludes halogenated alkanes) is 2. The summed E-state index contributed by atoms with van der Waals surface area (Å²) in [5.41, 5.74) is 5.67. The number of rotatable bonds is 20. The summed E-state index contributed by atoms with van der Waals surface area (Å²) in [5.74, 6) is 0.577. The van der Waals surface area contributed by atoms with Gasteiger partial charge in [0, 0.05) is 215 Å². The second-order valence-electron chi connectivity index (χ2n) is 15.3. The van der Waals surface area contributed by atoms with Crippen molar-refractivity contribution in [2.75, 3.05) is 13.1 Å². The molecule has 4 N–H and O–H groups in total. The fourth-order valence-electron chi connectivity index (χ4n) is 7.38. The largest absolute Gasteiger partial charge is 0 e. The maximum atomic E-state index is 11.1. The van der Waals surface area contributed by atoms with Crippen LogP contribution in [0.3, 0.4) is 0 Å². The van der Waals surface area contributed by atoms with E-state index in [4.69, 9.17) is 55.9 Å². The summed E-state index contributed by atoms with van der Waals surface area (Å²) in [6.07, 6.45) is 18.5. The first-order valence-corrected chi connectivity index (χ1v) is 19.6. The second kappa shape index (κ2) is 44.3. The van der Waals surface area contributed by atoms with Crippen LogP contribution in [0.2, 0.25) is 0 Å². The molecular weight excluding hydrogens is 2200 g/mol. The Morgan fingerprint density at radius 3 is 1.21 bits per heavy atom. The van der Waals surface area contributed by atoms with E-state index in [1.807, 2.05) is 26.3 Å². The first-order chi connectivity index (χ1) is 26.5. The molecule has 339 valence electrons. The van der Waals surface area contributed by atoms with Gasteiger partial charge in [-0.05, 0) is 48.8 Å². The van der Waals surface area contributed by atoms with Crippen molar-refractivity contribution >= 4 is 27.7 Å². The minimum atomic E-state index is -1.50. The van der Waals surface area contributed by atoms with Crippen LogP contribution in [-0.4, -0.2) is 83.7 Å². The molecule has 3 rings (SSSR count). The number of aliphatic imine (C=N–C) groups is 2. The van der Waals surface area contributed by atoms with Crippen molar-refractivity contribution in [3.8, 4) is 11.5 Å². The molecule has 0 amide bonds. The number of benzene rings is 2. The fraction of sp³-hybridized carbons (Fsp3) is 0.650. The third-order valence-electron chi connectivity index (χ3n) is 10.8. The third-order valence-corrected chi connectivity index (χ3v) is 10.8. The Hall–Kier alpha value is 2.33. The molecule has 14 nitrogen and oxygen atoms in total. The van der Waals surface area contributed by atoms with Crippen LogP contribution in [0.25, 0.3) is 0 Å². The van der Waals surface area contributed by atoms with Crippen molar-refractivity contribution in [2.24, 2.45) is 19.8 Å². The summed E-state index contributed by atoms with van der Waals surface area (Å²) in [6, 6.07) is 8.56. The van der Waals surface area contributed by atoms with E-state index in [0.29, 0.717) is 18.8 Å². The number of hydrogen-bond acceptors (Lipinski definition) is 10. The van der Waals surface area contributed by atoms with Gasteiger partial charge in [-0.1, -0.05) is 65.4 Å². The molecule has 2 atom stereocenters. The van der Waals surface area contributed by atoms with E-state index in [2.05, 4.69) is 61.8 Å². The van der Waals surface area contributed by atoms with E-state index in [9.17, 15) is 10.2 Å². The van der Waals surface area contributed by atoms with E-state index in [1.54, 1.807) is 0 Å². The molecule has 0 aromatic heterocycles. The number of phenols is 2. The second-order valence-corrected chi connectivity index (χ2v) is 15.3. The van der Waals surface area contributed by atoms with E-state index in [0.717, 1.165) is 86.5 Å². The normalized spacial score (nSPS) is 14.0. The molecule has 23 heteroatoms. The molecule has 0 spiro atoms. The van der Waals surface area contributed by atoms with E-state index >= 15 is 0 Å². The summed E-state index contributed by atoms with van der Waals surface area (Å²) in [4.78, 5) is 34.5. The van der Waals surface area contributed by atoms with Gasteiger partial charge in [0.25, 0.3) is 10.2 Å². The maximum Gasteiger partial charge on any atom is 0 e. The molecule has 3 radical (unpaired) electrons. The molecule has 1 aliphatic carbocycles. The monoisotopic (exact) mass is 2260 g/mol. The van der Waals surface area contributed by atoms with Gasteiger partial charge >= 0.3 is 152 Å². The van der Waals surface area contributed by atoms with Gasteiger partial charge in [-0.15, -0.1) is 20.2 Å². The first kappa shape index (κ1) is 79.5. The van der Waals surface area contributed by atoms with Crippen molar-refractivity contribution in [3.63, 3.8) is 0 Å². The quantitative estimate of drug-likeness (QED) is 0.0329. The number of phenolic OH excluding ortho intramolecular Hbond substituents is 2. The summed E-state index contributed by atoms with van der Waals surface area (Å²) in [5, 5.41) is 49.5. The van der Waals surface area contributed by atoms with E-state index in [1.165, 1.54) is 36.8 Å². The summed E-state index contributed by atoms with van der Waals surface area (Å²) in [7, 11) is 10.9. The van der Waals surface area contributed by atoms with Gasteiger partial charge in [0.1, 0.15) is 5.75 Å². The predicted molar refractivity (Wildman–Crippen MR) is 223 cm³/mol. The van der Waals surface area contributed by atoms with Crippen LogP contribution in [0, 0.1) is 221 Å². The van der Waals surface area contributed by atoms with Crippen molar-refractivity contribution in [3.05, 3.63) is 77.9 Å². The molecule has 0 aliphatic heterocycles. The van der Waals surface area contributed by atoms with Crippen LogP contribution >= 0.6 is 0 Å². The number of hydrogen-bond donors (Lipinski definition) is 4. The topological polar surface area (TPSA) is 217 Å². The van der Waals surface area contributed by atoms with Gasteiger partial charge < -0.3 is 15.5 Å². The van der Waals surface area contributed by atoms with E-state index in [-0.39, 0.29) is 232 Å². The molecule has 0 bridgehead atoms. The van der Waals surface area contributed by atoms with Crippen molar-refractivity contribution < 1.29 is 234 Å². The Bertz CT molecular complexity index is 1620. The van der Waals surface area contributed by atoms with Crippen LogP contribution in [0.15, 0.2) is 44.0 Å². The van der Waals surface area contributed by atoms with Crippen LogP contribution in [0.1, 0.15) is 151 Å². The Labute approximate surface area is 530 Å². The standard InChI is InChI=1S/C40H60B2N4O2.Co.2HNO3.6U/c1-7-9-17-39(5,18-10-8-2)33-23-29(3)37(47)31(25-33)27-43-35-15-11-12-16-36(35)44-28-32-26-34(24-30(4)38(32)48)40(6,19-13-21-45-41)20-14-22-46-42;;2*2-1(3)4;;;;;;/h23-28,35-36,47-48H,7-22H2,1-6H3;;2*(H,2,3,4);;;;;;/t35-,36-;;;;;;;;;/m1........./s1. The molecular formula is C40H62B2CoN6O8U6. The van der Waals surface area contributed by atoms with Crippen molar-refractivity contribution in [2.45, 2.75) is 154 Å².